The van der Waals surface area contributed by atoms with Crippen LogP contribution in [0.4, 0.5) is 5.69 Å². The Morgan fingerprint density at radius 3 is 2.85 bits per heavy atom. The van der Waals surface area contributed by atoms with Crippen LogP contribution in [0, 0.1) is 6.92 Å². The first-order valence-corrected chi connectivity index (χ1v) is 4.43. The molecule has 0 aromatic carbocycles. The van der Waals surface area contributed by atoms with Crippen LogP contribution in [0.3, 0.4) is 0 Å². The zero-order valence-corrected chi connectivity index (χ0v) is 8.35. The SMILES string of the molecule is CCC(=O)Nc1c(C)cncc1Cl. The van der Waals surface area contributed by atoms with Crippen molar-refractivity contribution in [3.63, 3.8) is 0 Å². The van der Waals surface area contributed by atoms with E-state index in [2.05, 4.69) is 10.3 Å². The summed E-state index contributed by atoms with van der Waals surface area (Å²) in [6.07, 6.45) is 3.62. The van der Waals surface area contributed by atoms with Crippen LogP contribution in [-0.2, 0) is 4.79 Å². The van der Waals surface area contributed by atoms with E-state index in [9.17, 15) is 4.79 Å². The lowest BCUT2D eigenvalue weighted by Gasteiger charge is -2.07. The van der Waals surface area contributed by atoms with Gasteiger partial charge in [0.25, 0.3) is 0 Å². The zero-order chi connectivity index (χ0) is 9.84. The molecule has 1 rings (SSSR count). The van der Waals surface area contributed by atoms with E-state index < -0.39 is 0 Å². The van der Waals surface area contributed by atoms with Crippen LogP contribution in [-0.4, -0.2) is 10.9 Å². The van der Waals surface area contributed by atoms with Crippen LogP contribution in [0.1, 0.15) is 18.9 Å². The Bertz CT molecular complexity index is 305. The fourth-order valence-electron chi connectivity index (χ4n) is 0.918. The zero-order valence-electron chi connectivity index (χ0n) is 7.60. The Labute approximate surface area is 82.1 Å². The van der Waals surface area contributed by atoms with E-state index in [0.29, 0.717) is 17.1 Å². The summed E-state index contributed by atoms with van der Waals surface area (Å²) in [7, 11) is 0. The third-order valence-corrected chi connectivity index (χ3v) is 1.96. The number of anilines is 1. The predicted molar refractivity (Wildman–Crippen MR) is 52.9 cm³/mol. The molecule has 0 aliphatic rings. The van der Waals surface area contributed by atoms with Gasteiger partial charge in [0.05, 0.1) is 10.7 Å². The van der Waals surface area contributed by atoms with E-state index in [1.54, 1.807) is 13.1 Å². The number of hydrogen-bond donors (Lipinski definition) is 1. The number of rotatable bonds is 2. The van der Waals surface area contributed by atoms with E-state index in [0.717, 1.165) is 5.56 Å². The number of halogens is 1. The topological polar surface area (TPSA) is 42.0 Å². The van der Waals surface area contributed by atoms with Gasteiger partial charge in [-0.2, -0.15) is 0 Å². The van der Waals surface area contributed by atoms with Gasteiger partial charge in [0, 0.05) is 18.8 Å². The number of carbonyl (C=O) groups is 1. The van der Waals surface area contributed by atoms with Crippen LogP contribution in [0.15, 0.2) is 12.4 Å². The second kappa shape index (κ2) is 4.23. The van der Waals surface area contributed by atoms with Gasteiger partial charge in [0.2, 0.25) is 5.91 Å². The van der Waals surface area contributed by atoms with Crippen molar-refractivity contribution in [2.24, 2.45) is 0 Å². The van der Waals surface area contributed by atoms with Crippen molar-refractivity contribution in [3.8, 4) is 0 Å². The molecule has 1 aromatic heterocycles. The Morgan fingerprint density at radius 1 is 1.62 bits per heavy atom. The van der Waals surface area contributed by atoms with Gasteiger partial charge in [-0.05, 0) is 12.5 Å². The molecule has 1 amide bonds. The summed E-state index contributed by atoms with van der Waals surface area (Å²) in [6.45, 7) is 3.64. The number of amides is 1. The summed E-state index contributed by atoms with van der Waals surface area (Å²) in [6, 6.07) is 0. The summed E-state index contributed by atoms with van der Waals surface area (Å²) in [5, 5.41) is 3.19. The molecule has 0 bridgehead atoms. The van der Waals surface area contributed by atoms with Gasteiger partial charge >= 0.3 is 0 Å². The Hall–Kier alpha value is -1.09. The second-order valence-electron chi connectivity index (χ2n) is 2.71. The lowest BCUT2D eigenvalue weighted by Crippen LogP contribution is -2.11. The van der Waals surface area contributed by atoms with Crippen molar-refractivity contribution in [2.45, 2.75) is 20.3 Å². The molecule has 0 spiro atoms. The van der Waals surface area contributed by atoms with Gasteiger partial charge in [-0.25, -0.2) is 0 Å². The summed E-state index contributed by atoms with van der Waals surface area (Å²) in [5.41, 5.74) is 1.53. The first-order valence-electron chi connectivity index (χ1n) is 4.05. The normalized spacial score (nSPS) is 9.77. The van der Waals surface area contributed by atoms with Gasteiger partial charge in [0.1, 0.15) is 0 Å². The molecule has 0 aliphatic heterocycles. The van der Waals surface area contributed by atoms with Crippen molar-refractivity contribution in [1.29, 1.82) is 0 Å². The first kappa shape index (κ1) is 9.99. The van der Waals surface area contributed by atoms with Crippen molar-refractivity contribution in [3.05, 3.63) is 23.0 Å². The number of carbonyl (C=O) groups excluding carboxylic acids is 1. The molecule has 4 heteroatoms. The van der Waals surface area contributed by atoms with Crippen LogP contribution >= 0.6 is 11.6 Å². The van der Waals surface area contributed by atoms with E-state index in [-0.39, 0.29) is 5.91 Å². The second-order valence-corrected chi connectivity index (χ2v) is 3.12. The molecule has 13 heavy (non-hydrogen) atoms. The average molecular weight is 199 g/mol. The number of nitrogens with one attached hydrogen (secondary N) is 1. The van der Waals surface area contributed by atoms with E-state index >= 15 is 0 Å². The Morgan fingerprint density at radius 2 is 2.31 bits per heavy atom. The van der Waals surface area contributed by atoms with Crippen LogP contribution in [0.25, 0.3) is 0 Å². The van der Waals surface area contributed by atoms with E-state index in [1.807, 2.05) is 6.92 Å². The summed E-state index contributed by atoms with van der Waals surface area (Å²) in [4.78, 5) is 15.0. The maximum atomic E-state index is 11.1. The van der Waals surface area contributed by atoms with Crippen LogP contribution in [0.5, 0.6) is 0 Å². The minimum atomic E-state index is -0.0452. The van der Waals surface area contributed by atoms with Gasteiger partial charge in [-0.3, -0.25) is 9.78 Å². The molecule has 1 aromatic rings. The molecule has 1 heterocycles. The minimum absolute atomic E-state index is 0.0452. The molecular formula is C9H11ClN2O. The molecule has 0 fully saturated rings. The molecule has 0 atom stereocenters. The largest absolute Gasteiger partial charge is 0.324 e. The maximum Gasteiger partial charge on any atom is 0.224 e. The lowest BCUT2D eigenvalue weighted by atomic mass is 10.2. The van der Waals surface area contributed by atoms with Crippen molar-refractivity contribution in [1.82, 2.24) is 4.98 Å². The molecule has 1 N–H and O–H groups in total. The Balaban J connectivity index is 2.93. The molecular weight excluding hydrogens is 188 g/mol. The van der Waals surface area contributed by atoms with Crippen molar-refractivity contribution >= 4 is 23.2 Å². The number of aryl methyl sites for hydroxylation is 1. The standard InChI is InChI=1S/C9H11ClN2O/c1-3-8(13)12-9-6(2)4-11-5-7(9)10/h4-5H,3H2,1-2H3,(H,11,12,13). The molecule has 0 aliphatic carbocycles. The summed E-state index contributed by atoms with van der Waals surface area (Å²) >= 11 is 5.85. The van der Waals surface area contributed by atoms with Gasteiger partial charge in [-0.15, -0.1) is 0 Å². The van der Waals surface area contributed by atoms with Crippen molar-refractivity contribution in [2.75, 3.05) is 5.32 Å². The molecule has 0 unspecified atom stereocenters. The molecule has 0 radical (unpaired) electrons. The summed E-state index contributed by atoms with van der Waals surface area (Å²) in [5.74, 6) is -0.0452. The smallest absolute Gasteiger partial charge is 0.224 e. The highest BCUT2D eigenvalue weighted by atomic mass is 35.5. The van der Waals surface area contributed by atoms with Crippen molar-refractivity contribution < 1.29 is 4.79 Å². The van der Waals surface area contributed by atoms with Crippen LogP contribution < -0.4 is 5.32 Å². The van der Waals surface area contributed by atoms with Gasteiger partial charge < -0.3 is 5.32 Å². The Kier molecular flexibility index (Phi) is 3.25. The van der Waals surface area contributed by atoms with Gasteiger partial charge in [-0.1, -0.05) is 18.5 Å². The minimum Gasteiger partial charge on any atom is -0.324 e. The number of pyridine rings is 1. The van der Waals surface area contributed by atoms with E-state index in [1.165, 1.54) is 6.20 Å². The highest BCUT2D eigenvalue weighted by molar-refractivity contribution is 6.33. The molecule has 70 valence electrons. The predicted octanol–water partition coefficient (Wildman–Crippen LogP) is 2.39. The third-order valence-electron chi connectivity index (χ3n) is 1.67. The highest BCUT2D eigenvalue weighted by Gasteiger charge is 2.06. The third kappa shape index (κ3) is 2.42. The fourth-order valence-corrected chi connectivity index (χ4v) is 1.17. The molecule has 0 saturated carbocycles. The number of aromatic nitrogens is 1. The maximum absolute atomic E-state index is 11.1. The first-order chi connectivity index (χ1) is 6.15. The highest BCUT2D eigenvalue weighted by Crippen LogP contribution is 2.23. The van der Waals surface area contributed by atoms with Crippen LogP contribution in [0.2, 0.25) is 5.02 Å². The summed E-state index contributed by atoms with van der Waals surface area (Å²) < 4.78 is 0. The average Bonchev–Trinajstić information content (AvgIpc) is 2.11. The molecule has 3 nitrogen and oxygen atoms in total. The monoisotopic (exact) mass is 198 g/mol. The number of nitrogens with zero attached hydrogens (tertiary/aromatic N) is 1. The molecule has 0 saturated heterocycles. The lowest BCUT2D eigenvalue weighted by molar-refractivity contribution is -0.115. The van der Waals surface area contributed by atoms with Gasteiger partial charge in [0.15, 0.2) is 0 Å². The van der Waals surface area contributed by atoms with E-state index in [4.69, 9.17) is 11.6 Å². The number of hydrogen-bond acceptors (Lipinski definition) is 2. The quantitative estimate of drug-likeness (QED) is 0.793. The fraction of sp³-hybridized carbons (Fsp3) is 0.333.